The molecule has 136 valence electrons. The Morgan fingerprint density at radius 3 is 2.58 bits per heavy atom. The summed E-state index contributed by atoms with van der Waals surface area (Å²) >= 11 is 0. The van der Waals surface area contributed by atoms with E-state index in [1.165, 1.54) is 19.3 Å². The molecule has 1 heterocycles. The molecule has 2 amide bonds. The number of nitrogens with one attached hydrogen (secondary N) is 1. The molecular weight excluding hydrogens is 304 g/mol. The SMILES string of the molecule is CC[C@@H]1CCC[C@H](NC(=O)C2CC3CC3N2C(=O)OC(C)(C)C)C1. The maximum atomic E-state index is 12.8. The minimum absolute atomic E-state index is 0.0230. The summed E-state index contributed by atoms with van der Waals surface area (Å²) in [5.74, 6) is 1.24. The van der Waals surface area contributed by atoms with Crippen LogP contribution in [0.4, 0.5) is 4.79 Å². The molecule has 0 bridgehead atoms. The second kappa shape index (κ2) is 6.57. The molecule has 0 aromatic heterocycles. The third-order valence-corrected chi connectivity index (χ3v) is 5.72. The van der Waals surface area contributed by atoms with Gasteiger partial charge in [-0.3, -0.25) is 9.69 Å². The highest BCUT2D eigenvalue weighted by Crippen LogP contribution is 2.48. The number of nitrogens with zero attached hydrogens (tertiary/aromatic N) is 1. The van der Waals surface area contributed by atoms with Gasteiger partial charge in [-0.2, -0.15) is 0 Å². The monoisotopic (exact) mass is 336 g/mol. The fourth-order valence-electron chi connectivity index (χ4n) is 4.36. The molecule has 3 unspecified atom stereocenters. The van der Waals surface area contributed by atoms with Gasteiger partial charge in [0.15, 0.2) is 0 Å². The van der Waals surface area contributed by atoms with E-state index in [1.807, 2.05) is 20.8 Å². The van der Waals surface area contributed by atoms with Gasteiger partial charge in [0.25, 0.3) is 0 Å². The normalized spacial score (nSPS) is 35.3. The lowest BCUT2D eigenvalue weighted by Gasteiger charge is -2.33. The molecular formula is C19H32N2O3. The van der Waals surface area contributed by atoms with Crippen LogP contribution in [0.3, 0.4) is 0 Å². The Labute approximate surface area is 145 Å². The molecule has 1 aliphatic heterocycles. The van der Waals surface area contributed by atoms with Crippen LogP contribution in [-0.4, -0.2) is 40.6 Å². The zero-order valence-electron chi connectivity index (χ0n) is 15.5. The van der Waals surface area contributed by atoms with Gasteiger partial charge < -0.3 is 10.1 Å². The van der Waals surface area contributed by atoms with Gasteiger partial charge in [-0.1, -0.05) is 26.2 Å². The van der Waals surface area contributed by atoms with Crippen LogP contribution in [-0.2, 0) is 9.53 Å². The third-order valence-electron chi connectivity index (χ3n) is 5.72. The van der Waals surface area contributed by atoms with E-state index in [2.05, 4.69) is 12.2 Å². The van der Waals surface area contributed by atoms with E-state index < -0.39 is 5.60 Å². The molecule has 2 saturated carbocycles. The van der Waals surface area contributed by atoms with Crippen molar-refractivity contribution >= 4 is 12.0 Å². The van der Waals surface area contributed by atoms with E-state index in [0.29, 0.717) is 5.92 Å². The highest BCUT2D eigenvalue weighted by Gasteiger charge is 2.57. The average Bonchev–Trinajstić information content (AvgIpc) is 3.15. The summed E-state index contributed by atoms with van der Waals surface area (Å²) in [5, 5.41) is 3.23. The van der Waals surface area contributed by atoms with E-state index in [-0.39, 0.29) is 30.1 Å². The van der Waals surface area contributed by atoms with E-state index in [0.717, 1.165) is 31.6 Å². The Morgan fingerprint density at radius 2 is 1.92 bits per heavy atom. The number of hydrogen-bond acceptors (Lipinski definition) is 3. The van der Waals surface area contributed by atoms with E-state index in [1.54, 1.807) is 4.90 Å². The van der Waals surface area contributed by atoms with Crippen molar-refractivity contribution < 1.29 is 14.3 Å². The molecule has 3 aliphatic rings. The van der Waals surface area contributed by atoms with Crippen molar-refractivity contribution in [2.24, 2.45) is 11.8 Å². The van der Waals surface area contributed by atoms with Crippen LogP contribution < -0.4 is 5.32 Å². The molecule has 0 aromatic carbocycles. The second-order valence-electron chi connectivity index (χ2n) is 8.85. The van der Waals surface area contributed by atoms with Gasteiger partial charge in [0, 0.05) is 12.1 Å². The first-order chi connectivity index (χ1) is 11.3. The highest BCUT2D eigenvalue weighted by atomic mass is 16.6. The van der Waals surface area contributed by atoms with Crippen molar-refractivity contribution in [1.29, 1.82) is 0 Å². The number of hydrogen-bond donors (Lipinski definition) is 1. The lowest BCUT2D eigenvalue weighted by atomic mass is 9.84. The number of amides is 2. The van der Waals surface area contributed by atoms with E-state index >= 15 is 0 Å². The maximum Gasteiger partial charge on any atom is 0.411 e. The molecule has 5 atom stereocenters. The summed E-state index contributed by atoms with van der Waals surface area (Å²) in [7, 11) is 0. The van der Waals surface area contributed by atoms with Gasteiger partial charge in [0.2, 0.25) is 5.91 Å². The van der Waals surface area contributed by atoms with Gasteiger partial charge in [0.1, 0.15) is 11.6 Å². The van der Waals surface area contributed by atoms with E-state index in [4.69, 9.17) is 4.74 Å². The topological polar surface area (TPSA) is 58.6 Å². The van der Waals surface area contributed by atoms with E-state index in [9.17, 15) is 9.59 Å². The molecule has 2 aliphatic carbocycles. The van der Waals surface area contributed by atoms with Gasteiger partial charge in [-0.25, -0.2) is 4.79 Å². The fraction of sp³-hybridized carbons (Fsp3) is 0.895. The van der Waals surface area contributed by atoms with Gasteiger partial charge in [-0.15, -0.1) is 0 Å². The van der Waals surface area contributed by atoms with Crippen LogP contribution in [0, 0.1) is 11.8 Å². The lowest BCUT2D eigenvalue weighted by Crippen LogP contribution is -2.52. The summed E-state index contributed by atoms with van der Waals surface area (Å²) in [6, 6.07) is 0.143. The molecule has 5 nitrogen and oxygen atoms in total. The Morgan fingerprint density at radius 1 is 1.17 bits per heavy atom. The largest absolute Gasteiger partial charge is 0.444 e. The van der Waals surface area contributed by atoms with Crippen LogP contribution in [0.15, 0.2) is 0 Å². The molecule has 0 spiro atoms. The number of rotatable bonds is 3. The summed E-state index contributed by atoms with van der Waals surface area (Å²) in [6.07, 6.45) is 7.27. The fourth-order valence-corrected chi connectivity index (χ4v) is 4.36. The Hall–Kier alpha value is -1.26. The summed E-state index contributed by atoms with van der Waals surface area (Å²) < 4.78 is 5.53. The van der Waals surface area contributed by atoms with Crippen molar-refractivity contribution in [3.8, 4) is 0 Å². The Bertz CT molecular complexity index is 499. The summed E-state index contributed by atoms with van der Waals surface area (Å²) in [5.41, 5.74) is -0.525. The number of piperidine rings is 1. The van der Waals surface area contributed by atoms with Crippen LogP contribution in [0.2, 0.25) is 0 Å². The minimum atomic E-state index is -0.525. The second-order valence-corrected chi connectivity index (χ2v) is 8.85. The van der Waals surface area contributed by atoms with Crippen LogP contribution in [0.5, 0.6) is 0 Å². The first-order valence-corrected chi connectivity index (χ1v) is 9.60. The van der Waals surface area contributed by atoms with Crippen molar-refractivity contribution in [3.05, 3.63) is 0 Å². The van der Waals surface area contributed by atoms with Crippen LogP contribution >= 0.6 is 0 Å². The minimum Gasteiger partial charge on any atom is -0.444 e. The predicted octanol–water partition coefficient (Wildman–Crippen LogP) is 3.47. The molecule has 5 heteroatoms. The van der Waals surface area contributed by atoms with Gasteiger partial charge >= 0.3 is 6.09 Å². The molecule has 0 radical (unpaired) electrons. The lowest BCUT2D eigenvalue weighted by molar-refractivity contribution is -0.127. The molecule has 1 N–H and O–H groups in total. The third kappa shape index (κ3) is 3.86. The van der Waals surface area contributed by atoms with Crippen LogP contribution in [0.1, 0.15) is 72.6 Å². The zero-order chi connectivity index (χ0) is 17.5. The van der Waals surface area contributed by atoms with Gasteiger partial charge in [0.05, 0.1) is 0 Å². The Balaban J connectivity index is 1.60. The summed E-state index contributed by atoms with van der Waals surface area (Å²) in [6.45, 7) is 7.83. The number of carbonyl (C=O) groups excluding carboxylic acids is 2. The number of ether oxygens (including phenoxy) is 1. The number of fused-ring (bicyclic) bond motifs is 1. The highest BCUT2D eigenvalue weighted by molar-refractivity contribution is 5.87. The maximum absolute atomic E-state index is 12.8. The standard InChI is InChI=1S/C19H32N2O3/c1-5-12-7-6-8-14(9-12)20-17(22)16-11-13-10-15(13)21(16)18(23)24-19(2,3)4/h12-16H,5-11H2,1-4H3,(H,20,22)/t12-,13?,14+,15?,16?/m1/s1. The van der Waals surface area contributed by atoms with Crippen molar-refractivity contribution in [3.63, 3.8) is 0 Å². The van der Waals surface area contributed by atoms with Crippen LogP contribution in [0.25, 0.3) is 0 Å². The van der Waals surface area contributed by atoms with Crippen molar-refractivity contribution in [1.82, 2.24) is 10.2 Å². The number of likely N-dealkylation sites (tertiary alicyclic amines) is 1. The molecule has 3 fully saturated rings. The quantitative estimate of drug-likeness (QED) is 0.858. The predicted molar refractivity (Wildman–Crippen MR) is 92.6 cm³/mol. The first-order valence-electron chi connectivity index (χ1n) is 9.60. The number of carbonyl (C=O) groups is 2. The smallest absolute Gasteiger partial charge is 0.411 e. The van der Waals surface area contributed by atoms with Crippen molar-refractivity contribution in [2.75, 3.05) is 0 Å². The zero-order valence-corrected chi connectivity index (χ0v) is 15.5. The Kier molecular flexibility index (Phi) is 4.80. The first kappa shape index (κ1) is 17.6. The molecule has 3 rings (SSSR count). The summed E-state index contributed by atoms with van der Waals surface area (Å²) in [4.78, 5) is 27.0. The molecule has 0 aromatic rings. The molecule has 1 saturated heterocycles. The average molecular weight is 336 g/mol. The molecule has 24 heavy (non-hydrogen) atoms. The van der Waals surface area contributed by atoms with Crippen molar-refractivity contribution in [2.45, 2.75) is 96.4 Å². The van der Waals surface area contributed by atoms with Gasteiger partial charge in [-0.05, 0) is 58.3 Å².